The van der Waals surface area contributed by atoms with Crippen molar-refractivity contribution in [1.29, 1.82) is 0 Å². The number of hydrogen-bond acceptors (Lipinski definition) is 2. The van der Waals surface area contributed by atoms with Crippen molar-refractivity contribution < 1.29 is 9.53 Å². The molecule has 4 rings (SSSR count). The Morgan fingerprint density at radius 1 is 1.14 bits per heavy atom. The molecule has 0 bridgehead atoms. The zero-order chi connectivity index (χ0) is 15.5. The molecule has 0 saturated heterocycles. The first-order valence-electron chi connectivity index (χ1n) is 9.26. The van der Waals surface area contributed by atoms with Crippen LogP contribution in [0.1, 0.15) is 65.2 Å². The molecule has 6 atom stereocenters. The van der Waals surface area contributed by atoms with Crippen LogP contribution in [0.4, 0.5) is 0 Å². The maximum Gasteiger partial charge on any atom is 0.158 e. The largest absolute Gasteiger partial charge is 0.380 e. The molecule has 3 fully saturated rings. The third-order valence-corrected chi connectivity index (χ3v) is 8.10. The van der Waals surface area contributed by atoms with Gasteiger partial charge in [0.05, 0.1) is 6.10 Å². The van der Waals surface area contributed by atoms with Crippen LogP contribution in [0, 0.1) is 28.6 Å². The van der Waals surface area contributed by atoms with Crippen molar-refractivity contribution in [3.8, 4) is 0 Å². The summed E-state index contributed by atoms with van der Waals surface area (Å²) < 4.78 is 5.86. The first-order valence-corrected chi connectivity index (χ1v) is 9.26. The second-order valence-electron chi connectivity index (χ2n) is 8.85. The molecule has 122 valence electrons. The summed E-state index contributed by atoms with van der Waals surface area (Å²) in [6, 6.07) is 0. The molecule has 2 heteroatoms. The van der Waals surface area contributed by atoms with E-state index >= 15 is 0 Å². The van der Waals surface area contributed by atoms with E-state index in [2.05, 4.69) is 13.8 Å². The summed E-state index contributed by atoms with van der Waals surface area (Å²) in [7, 11) is 1.80. The maximum atomic E-state index is 12.1. The predicted octanol–water partition coefficient (Wildman–Crippen LogP) is 4.53. The average molecular weight is 302 g/mol. The highest BCUT2D eigenvalue weighted by Crippen LogP contribution is 2.65. The van der Waals surface area contributed by atoms with Gasteiger partial charge in [-0.2, -0.15) is 0 Å². The molecule has 0 spiro atoms. The molecule has 0 aromatic rings. The Bertz CT molecular complexity index is 522. The van der Waals surface area contributed by atoms with E-state index in [4.69, 9.17) is 4.74 Å². The summed E-state index contributed by atoms with van der Waals surface area (Å²) in [5, 5.41) is 0. The predicted molar refractivity (Wildman–Crippen MR) is 87.5 cm³/mol. The summed E-state index contributed by atoms with van der Waals surface area (Å²) >= 11 is 0. The molecular formula is C20H30O2. The molecule has 0 amide bonds. The molecule has 0 aromatic heterocycles. The lowest BCUT2D eigenvalue weighted by Gasteiger charge is -2.59. The van der Waals surface area contributed by atoms with Gasteiger partial charge < -0.3 is 4.74 Å². The number of ketones is 1. The highest BCUT2D eigenvalue weighted by molar-refractivity contribution is 5.92. The second kappa shape index (κ2) is 4.93. The van der Waals surface area contributed by atoms with E-state index in [0.717, 1.165) is 24.2 Å². The van der Waals surface area contributed by atoms with Crippen molar-refractivity contribution in [3.05, 3.63) is 11.6 Å². The highest BCUT2D eigenvalue weighted by Gasteiger charge is 2.58. The van der Waals surface area contributed by atoms with Crippen LogP contribution in [-0.4, -0.2) is 19.0 Å². The summed E-state index contributed by atoms with van der Waals surface area (Å²) in [6.07, 6.45) is 12.1. The zero-order valence-electron chi connectivity index (χ0n) is 14.4. The number of methoxy groups -OCH3 is 1. The number of carbonyl (C=O) groups excluding carboxylic acids is 1. The van der Waals surface area contributed by atoms with Gasteiger partial charge in [-0.05, 0) is 67.8 Å². The zero-order valence-corrected chi connectivity index (χ0v) is 14.4. The van der Waals surface area contributed by atoms with Gasteiger partial charge >= 0.3 is 0 Å². The van der Waals surface area contributed by atoms with Gasteiger partial charge in [0.15, 0.2) is 5.78 Å². The Morgan fingerprint density at radius 2 is 1.95 bits per heavy atom. The first kappa shape index (κ1) is 14.9. The Balaban J connectivity index is 1.73. The van der Waals surface area contributed by atoms with Gasteiger partial charge in [0.1, 0.15) is 0 Å². The first-order chi connectivity index (χ1) is 10.5. The van der Waals surface area contributed by atoms with Crippen molar-refractivity contribution in [2.24, 2.45) is 28.6 Å². The third-order valence-electron chi connectivity index (χ3n) is 8.10. The van der Waals surface area contributed by atoms with Crippen molar-refractivity contribution >= 4 is 5.78 Å². The smallest absolute Gasteiger partial charge is 0.158 e. The van der Waals surface area contributed by atoms with Gasteiger partial charge in [-0.25, -0.2) is 0 Å². The van der Waals surface area contributed by atoms with Gasteiger partial charge in [-0.3, -0.25) is 4.79 Å². The van der Waals surface area contributed by atoms with E-state index in [-0.39, 0.29) is 17.3 Å². The topological polar surface area (TPSA) is 26.3 Å². The minimum Gasteiger partial charge on any atom is -0.380 e. The standard InChI is InChI=1S/C20H30O2/c1-19-9-4-5-16(19)15-7-6-13-11-14(21)12-18(22-3)20(13,2)17(15)8-10-19/h11,15-18H,4-10,12H2,1-3H3/t15-,16-,17-,18?,19-,20-/m0/s1. The Morgan fingerprint density at radius 3 is 2.73 bits per heavy atom. The lowest BCUT2D eigenvalue weighted by molar-refractivity contribution is -0.130. The monoisotopic (exact) mass is 302 g/mol. The summed E-state index contributed by atoms with van der Waals surface area (Å²) in [6.45, 7) is 4.96. The van der Waals surface area contributed by atoms with Gasteiger partial charge in [0.2, 0.25) is 0 Å². The third kappa shape index (κ3) is 1.85. The van der Waals surface area contributed by atoms with E-state index in [0.29, 0.717) is 11.8 Å². The fourth-order valence-electron chi connectivity index (χ4n) is 6.91. The number of ether oxygens (including phenoxy) is 1. The molecule has 22 heavy (non-hydrogen) atoms. The van der Waals surface area contributed by atoms with Crippen LogP contribution >= 0.6 is 0 Å². The molecule has 0 heterocycles. The van der Waals surface area contributed by atoms with Gasteiger partial charge in [0, 0.05) is 18.9 Å². The van der Waals surface area contributed by atoms with Crippen molar-refractivity contribution in [1.82, 2.24) is 0 Å². The quantitative estimate of drug-likeness (QED) is 0.711. The molecule has 4 aliphatic carbocycles. The average Bonchev–Trinajstić information content (AvgIpc) is 2.89. The van der Waals surface area contributed by atoms with Crippen molar-refractivity contribution in [2.75, 3.05) is 7.11 Å². The van der Waals surface area contributed by atoms with Gasteiger partial charge in [-0.15, -0.1) is 0 Å². The van der Waals surface area contributed by atoms with Crippen LogP contribution < -0.4 is 0 Å². The van der Waals surface area contributed by atoms with E-state index in [1.54, 1.807) is 7.11 Å². The Kier molecular flexibility index (Phi) is 3.35. The van der Waals surface area contributed by atoms with Gasteiger partial charge in [0.25, 0.3) is 0 Å². The minimum atomic E-state index is 0.0959. The van der Waals surface area contributed by atoms with Crippen LogP contribution in [0.15, 0.2) is 11.6 Å². The molecule has 0 radical (unpaired) electrons. The summed E-state index contributed by atoms with van der Waals surface area (Å²) in [5.41, 5.74) is 2.11. The highest BCUT2D eigenvalue weighted by atomic mass is 16.5. The van der Waals surface area contributed by atoms with Crippen LogP contribution in [0.5, 0.6) is 0 Å². The molecule has 1 unspecified atom stereocenters. The van der Waals surface area contributed by atoms with Crippen LogP contribution in [0.25, 0.3) is 0 Å². The normalized spacial score (nSPS) is 50.9. The molecule has 2 nitrogen and oxygen atoms in total. The Labute approximate surface area is 134 Å². The number of hydrogen-bond donors (Lipinski definition) is 0. The molecule has 4 aliphatic rings. The van der Waals surface area contributed by atoms with Crippen LogP contribution in [0.2, 0.25) is 0 Å². The van der Waals surface area contributed by atoms with Crippen LogP contribution in [0.3, 0.4) is 0 Å². The maximum absolute atomic E-state index is 12.1. The fourth-order valence-corrected chi connectivity index (χ4v) is 6.91. The Hall–Kier alpha value is -0.630. The molecular weight excluding hydrogens is 272 g/mol. The summed E-state index contributed by atoms with van der Waals surface area (Å²) in [4.78, 5) is 12.1. The minimum absolute atomic E-state index is 0.0959. The van der Waals surface area contributed by atoms with Crippen LogP contribution in [-0.2, 0) is 9.53 Å². The molecule has 3 saturated carbocycles. The fraction of sp³-hybridized carbons (Fsp3) is 0.850. The van der Waals surface area contributed by atoms with E-state index in [1.807, 2.05) is 6.08 Å². The van der Waals surface area contributed by atoms with Crippen molar-refractivity contribution in [3.63, 3.8) is 0 Å². The SMILES string of the molecule is COC1CC(=O)C=C2CC[C@H]3[C@@H]4CCC[C@@]4(C)CC[C@@H]3[C@]21C. The number of rotatable bonds is 1. The molecule has 0 N–H and O–H groups in total. The molecule has 0 aromatic carbocycles. The summed E-state index contributed by atoms with van der Waals surface area (Å²) in [5.74, 6) is 2.77. The lowest BCUT2D eigenvalue weighted by atomic mass is 9.47. The van der Waals surface area contributed by atoms with E-state index < -0.39 is 0 Å². The lowest BCUT2D eigenvalue weighted by Crippen LogP contribution is -2.55. The van der Waals surface area contributed by atoms with E-state index in [1.165, 1.54) is 44.1 Å². The van der Waals surface area contributed by atoms with Gasteiger partial charge in [-0.1, -0.05) is 25.8 Å². The number of fused-ring (bicyclic) bond motifs is 5. The molecule has 0 aliphatic heterocycles. The van der Waals surface area contributed by atoms with E-state index in [9.17, 15) is 4.79 Å². The number of carbonyl (C=O) groups is 1. The second-order valence-corrected chi connectivity index (χ2v) is 8.85. The van der Waals surface area contributed by atoms with Crippen molar-refractivity contribution in [2.45, 2.75) is 71.3 Å².